The van der Waals surface area contributed by atoms with Crippen molar-refractivity contribution in [1.82, 2.24) is 0 Å². The average molecular weight is 419 g/mol. The fourth-order valence-electron chi connectivity index (χ4n) is 2.58. The standard InChI is InChI=1S/C21H17Cl2O3P/c1-2-15-3-5-16(6-4-15)21(24)26-27(25,19-11-7-17(22)8-12-19)20-13-9-18(23)10-14-20/h3-14H,2H2,1H3. The van der Waals surface area contributed by atoms with E-state index in [-0.39, 0.29) is 0 Å². The van der Waals surface area contributed by atoms with Crippen LogP contribution in [0.4, 0.5) is 0 Å². The largest absolute Gasteiger partial charge is 0.401 e. The van der Waals surface area contributed by atoms with E-state index in [4.69, 9.17) is 27.7 Å². The molecule has 0 amide bonds. The van der Waals surface area contributed by atoms with Gasteiger partial charge in [-0.2, -0.15) is 0 Å². The summed E-state index contributed by atoms with van der Waals surface area (Å²) < 4.78 is 19.4. The highest BCUT2D eigenvalue weighted by Gasteiger charge is 2.32. The molecule has 0 aromatic heterocycles. The molecule has 0 saturated carbocycles. The van der Waals surface area contributed by atoms with Gasteiger partial charge in [0, 0.05) is 10.0 Å². The highest BCUT2D eigenvalue weighted by molar-refractivity contribution is 7.74. The van der Waals surface area contributed by atoms with Gasteiger partial charge in [0.05, 0.1) is 16.2 Å². The second kappa shape index (κ2) is 8.31. The van der Waals surface area contributed by atoms with Crippen molar-refractivity contribution in [2.45, 2.75) is 13.3 Å². The Balaban J connectivity index is 2.01. The number of carbonyl (C=O) groups excluding carboxylic acids is 1. The van der Waals surface area contributed by atoms with Crippen LogP contribution in [0.15, 0.2) is 72.8 Å². The number of carbonyl (C=O) groups is 1. The second-order valence-corrected chi connectivity index (χ2v) is 9.12. The van der Waals surface area contributed by atoms with Crippen molar-refractivity contribution in [3.63, 3.8) is 0 Å². The first-order valence-electron chi connectivity index (χ1n) is 8.37. The summed E-state index contributed by atoms with van der Waals surface area (Å²) >= 11 is 11.9. The lowest BCUT2D eigenvalue weighted by molar-refractivity contribution is 0.0747. The lowest BCUT2D eigenvalue weighted by Crippen LogP contribution is -2.21. The third kappa shape index (κ3) is 4.44. The molecule has 3 rings (SSSR count). The van der Waals surface area contributed by atoms with E-state index < -0.39 is 13.3 Å². The Labute approximate surface area is 168 Å². The fourth-order valence-corrected chi connectivity index (χ4v) is 4.76. The van der Waals surface area contributed by atoms with Crippen molar-refractivity contribution in [1.29, 1.82) is 0 Å². The summed E-state index contributed by atoms with van der Waals surface area (Å²) in [5, 5.41) is 1.77. The molecule has 0 radical (unpaired) electrons. The zero-order valence-corrected chi connectivity index (χ0v) is 17.0. The maximum Gasteiger partial charge on any atom is 0.343 e. The van der Waals surface area contributed by atoms with Gasteiger partial charge in [-0.05, 0) is 72.6 Å². The Hall–Kier alpha value is -2.06. The zero-order chi connectivity index (χ0) is 19.4. The SMILES string of the molecule is CCc1ccc(C(=O)OP(=O)(c2ccc(Cl)cc2)c2ccc(Cl)cc2)cc1. The normalized spacial score (nSPS) is 11.2. The molecule has 0 heterocycles. The third-order valence-electron chi connectivity index (χ3n) is 4.14. The molecule has 0 saturated heterocycles. The summed E-state index contributed by atoms with van der Waals surface area (Å²) in [6, 6.07) is 19.9. The third-order valence-corrected chi connectivity index (χ3v) is 7.03. The molecule has 0 atom stereocenters. The first-order chi connectivity index (χ1) is 12.9. The minimum Gasteiger partial charge on any atom is -0.401 e. The fraction of sp³-hybridized carbons (Fsp3) is 0.0952. The van der Waals surface area contributed by atoms with Gasteiger partial charge in [0.25, 0.3) is 0 Å². The minimum atomic E-state index is -3.67. The Morgan fingerprint density at radius 3 is 1.67 bits per heavy atom. The molecular formula is C21H17Cl2O3P. The van der Waals surface area contributed by atoms with Crippen LogP contribution in [0.1, 0.15) is 22.8 Å². The van der Waals surface area contributed by atoms with Gasteiger partial charge in [-0.25, -0.2) is 4.79 Å². The summed E-state index contributed by atoms with van der Waals surface area (Å²) in [7, 11) is -3.67. The smallest absolute Gasteiger partial charge is 0.343 e. The molecule has 3 aromatic rings. The molecular weight excluding hydrogens is 402 g/mol. The van der Waals surface area contributed by atoms with Gasteiger partial charge in [0.1, 0.15) is 0 Å². The molecule has 3 aromatic carbocycles. The average Bonchev–Trinajstić information content (AvgIpc) is 2.69. The van der Waals surface area contributed by atoms with E-state index in [0.717, 1.165) is 12.0 Å². The van der Waals surface area contributed by atoms with Crippen molar-refractivity contribution < 1.29 is 13.9 Å². The molecule has 0 spiro atoms. The monoisotopic (exact) mass is 418 g/mol. The van der Waals surface area contributed by atoms with E-state index in [1.54, 1.807) is 60.7 Å². The van der Waals surface area contributed by atoms with Crippen LogP contribution < -0.4 is 10.6 Å². The molecule has 0 aliphatic rings. The van der Waals surface area contributed by atoms with Crippen LogP contribution in [0.25, 0.3) is 0 Å². The van der Waals surface area contributed by atoms with E-state index in [0.29, 0.717) is 26.2 Å². The number of hydrogen-bond acceptors (Lipinski definition) is 3. The summed E-state index contributed by atoms with van der Waals surface area (Å²) in [6.45, 7) is 2.03. The van der Waals surface area contributed by atoms with Gasteiger partial charge in [-0.15, -0.1) is 0 Å². The molecule has 0 aliphatic carbocycles. The van der Waals surface area contributed by atoms with Gasteiger partial charge >= 0.3 is 13.3 Å². The molecule has 138 valence electrons. The molecule has 0 bridgehead atoms. The van der Waals surface area contributed by atoms with Crippen molar-refractivity contribution in [2.24, 2.45) is 0 Å². The number of halogens is 2. The maximum absolute atomic E-state index is 13.8. The van der Waals surface area contributed by atoms with Crippen LogP contribution in [0.3, 0.4) is 0 Å². The molecule has 0 aliphatic heterocycles. The Morgan fingerprint density at radius 2 is 1.26 bits per heavy atom. The van der Waals surface area contributed by atoms with Crippen LogP contribution in [0, 0.1) is 0 Å². The molecule has 6 heteroatoms. The van der Waals surface area contributed by atoms with Crippen LogP contribution >= 0.6 is 30.6 Å². The topological polar surface area (TPSA) is 43.4 Å². The van der Waals surface area contributed by atoms with Gasteiger partial charge in [0.15, 0.2) is 0 Å². The lowest BCUT2D eigenvalue weighted by atomic mass is 10.1. The van der Waals surface area contributed by atoms with E-state index in [1.165, 1.54) is 0 Å². The minimum absolute atomic E-state index is 0.343. The van der Waals surface area contributed by atoms with Crippen molar-refractivity contribution in [3.05, 3.63) is 94.0 Å². The van der Waals surface area contributed by atoms with Crippen LogP contribution in [0.2, 0.25) is 10.0 Å². The predicted octanol–water partition coefficient (Wildman–Crippen LogP) is 5.64. The van der Waals surface area contributed by atoms with Crippen molar-refractivity contribution >= 4 is 47.1 Å². The number of rotatable bonds is 5. The van der Waals surface area contributed by atoms with Crippen LogP contribution in [-0.2, 0) is 15.5 Å². The van der Waals surface area contributed by atoms with Gasteiger partial charge < -0.3 is 4.52 Å². The van der Waals surface area contributed by atoms with E-state index in [2.05, 4.69) is 0 Å². The number of benzene rings is 3. The lowest BCUT2D eigenvalue weighted by Gasteiger charge is -2.19. The van der Waals surface area contributed by atoms with E-state index in [1.807, 2.05) is 19.1 Å². The quantitative estimate of drug-likeness (QED) is 0.503. The molecule has 27 heavy (non-hydrogen) atoms. The molecule has 0 N–H and O–H groups in total. The highest BCUT2D eigenvalue weighted by Crippen LogP contribution is 2.45. The molecule has 0 unspecified atom stereocenters. The Bertz CT molecular complexity index is 932. The van der Waals surface area contributed by atoms with Gasteiger partial charge in [-0.3, -0.25) is 4.57 Å². The van der Waals surface area contributed by atoms with E-state index >= 15 is 0 Å². The van der Waals surface area contributed by atoms with Crippen LogP contribution in [-0.4, -0.2) is 5.97 Å². The number of aryl methyl sites for hydroxylation is 1. The summed E-state index contributed by atoms with van der Waals surface area (Å²) in [5.74, 6) is -0.647. The van der Waals surface area contributed by atoms with E-state index in [9.17, 15) is 9.36 Å². The van der Waals surface area contributed by atoms with Gasteiger partial charge in [-0.1, -0.05) is 42.3 Å². The zero-order valence-electron chi connectivity index (χ0n) is 14.6. The summed E-state index contributed by atoms with van der Waals surface area (Å²) in [4.78, 5) is 12.7. The van der Waals surface area contributed by atoms with Gasteiger partial charge in [0.2, 0.25) is 0 Å². The van der Waals surface area contributed by atoms with Crippen molar-refractivity contribution in [2.75, 3.05) is 0 Å². The first kappa shape index (κ1) is 19.7. The molecule has 3 nitrogen and oxygen atoms in total. The molecule has 0 fully saturated rings. The van der Waals surface area contributed by atoms with Crippen LogP contribution in [0.5, 0.6) is 0 Å². The maximum atomic E-state index is 13.8. The predicted molar refractivity (Wildman–Crippen MR) is 111 cm³/mol. The highest BCUT2D eigenvalue weighted by atomic mass is 35.5. The Morgan fingerprint density at radius 1 is 0.815 bits per heavy atom. The first-order valence-corrected chi connectivity index (χ1v) is 10.8. The second-order valence-electron chi connectivity index (χ2n) is 5.93. The summed E-state index contributed by atoms with van der Waals surface area (Å²) in [5.41, 5.74) is 1.44. The summed E-state index contributed by atoms with van der Waals surface area (Å²) in [6.07, 6.45) is 0.864. The van der Waals surface area contributed by atoms with Crippen molar-refractivity contribution in [3.8, 4) is 0 Å². The Kier molecular flexibility index (Phi) is 6.06. The number of hydrogen-bond donors (Lipinski definition) is 0.